The third kappa shape index (κ3) is 10.1. The summed E-state index contributed by atoms with van der Waals surface area (Å²) in [7, 11) is 0. The van der Waals surface area contributed by atoms with E-state index in [0.717, 1.165) is 23.4 Å². The largest absolute Gasteiger partial charge is 0.481 e. The molecule has 0 aliphatic carbocycles. The third-order valence-corrected chi connectivity index (χ3v) is 4.91. The summed E-state index contributed by atoms with van der Waals surface area (Å²) in [5, 5.41) is 15.7. The maximum atomic E-state index is 12.3. The van der Waals surface area contributed by atoms with E-state index in [1.807, 2.05) is 56.3 Å². The Morgan fingerprint density at radius 3 is 2.09 bits per heavy atom. The number of carboxylic acid groups (broad SMARTS) is 1. The van der Waals surface area contributed by atoms with Gasteiger partial charge >= 0.3 is 5.97 Å². The minimum atomic E-state index is -1.08. The van der Waals surface area contributed by atoms with Crippen LogP contribution in [-0.4, -0.2) is 35.2 Å². The molecule has 0 bridgehead atoms. The molecular formula is C27H34N2O4S. The second-order valence-electron chi connectivity index (χ2n) is 7.99. The van der Waals surface area contributed by atoms with E-state index in [0.29, 0.717) is 17.3 Å². The van der Waals surface area contributed by atoms with Gasteiger partial charge in [0.25, 0.3) is 0 Å². The number of Topliss-reactive ketones (excluding diaryl/α,β-unsaturated/α-hetero) is 1. The van der Waals surface area contributed by atoms with Crippen molar-refractivity contribution in [3.05, 3.63) is 79.0 Å². The minimum Gasteiger partial charge on any atom is -0.481 e. The van der Waals surface area contributed by atoms with Crippen molar-refractivity contribution < 1.29 is 19.4 Å². The maximum absolute atomic E-state index is 12.3. The molecule has 34 heavy (non-hydrogen) atoms. The van der Waals surface area contributed by atoms with E-state index in [-0.39, 0.29) is 12.2 Å². The van der Waals surface area contributed by atoms with Gasteiger partial charge < -0.3 is 20.5 Å². The Balaban J connectivity index is 0.000000852. The monoisotopic (exact) mass is 482 g/mol. The number of ketones is 1. The molecule has 0 amide bonds. The first-order valence-corrected chi connectivity index (χ1v) is 11.4. The molecule has 0 aliphatic heterocycles. The Kier molecular flexibility index (Phi) is 12.5. The molecule has 0 heterocycles. The molecule has 182 valence electrons. The number of allylic oxidation sites excluding steroid dienone is 1. The van der Waals surface area contributed by atoms with Crippen LogP contribution in [0.15, 0.2) is 73.5 Å². The minimum absolute atomic E-state index is 0.0385. The fourth-order valence-corrected chi connectivity index (χ4v) is 2.89. The molecule has 0 saturated heterocycles. The Hall–Kier alpha value is -3.29. The summed E-state index contributed by atoms with van der Waals surface area (Å²) >= 11 is 5.18. The number of carbonyl (C=O) groups excluding carboxylic acids is 1. The lowest BCUT2D eigenvalue weighted by Crippen LogP contribution is -2.26. The van der Waals surface area contributed by atoms with Crippen molar-refractivity contribution in [3.63, 3.8) is 0 Å². The van der Waals surface area contributed by atoms with Gasteiger partial charge in [-0.3, -0.25) is 9.59 Å². The molecule has 2 aromatic carbocycles. The number of nitrogens with one attached hydrogen (secondary N) is 2. The van der Waals surface area contributed by atoms with Crippen molar-refractivity contribution in [1.29, 1.82) is 0 Å². The molecule has 0 aromatic heterocycles. The molecule has 0 aliphatic rings. The average Bonchev–Trinajstić information content (AvgIpc) is 2.82. The van der Waals surface area contributed by atoms with Gasteiger partial charge in [-0.05, 0) is 69.4 Å². The van der Waals surface area contributed by atoms with Gasteiger partial charge in [0.15, 0.2) is 10.9 Å². The first-order chi connectivity index (χ1) is 16.1. The van der Waals surface area contributed by atoms with E-state index in [9.17, 15) is 14.7 Å². The van der Waals surface area contributed by atoms with Crippen molar-refractivity contribution >= 4 is 34.8 Å². The van der Waals surface area contributed by atoms with Gasteiger partial charge in [-0.25, -0.2) is 0 Å². The second-order valence-corrected chi connectivity index (χ2v) is 8.40. The Morgan fingerprint density at radius 2 is 1.65 bits per heavy atom. The number of ether oxygens (including phenoxy) is 1. The van der Waals surface area contributed by atoms with E-state index in [1.165, 1.54) is 0 Å². The van der Waals surface area contributed by atoms with E-state index in [1.54, 1.807) is 38.3 Å². The highest BCUT2D eigenvalue weighted by Crippen LogP contribution is 2.25. The SMILES string of the molecule is C/C=C/NC(=S)Nc1ccc(-c2ccc(C(=O)CC(C)(C)C(=O)O)cc2)cc1.C=CCOCC. The molecule has 0 radical (unpaired) electrons. The van der Waals surface area contributed by atoms with Crippen molar-refractivity contribution in [2.45, 2.75) is 34.1 Å². The molecule has 0 atom stereocenters. The number of anilines is 1. The van der Waals surface area contributed by atoms with E-state index in [2.05, 4.69) is 17.2 Å². The Labute approximate surface area is 207 Å². The lowest BCUT2D eigenvalue weighted by molar-refractivity contribution is -0.146. The van der Waals surface area contributed by atoms with Crippen LogP contribution in [0.5, 0.6) is 0 Å². The summed E-state index contributed by atoms with van der Waals surface area (Å²) in [5.41, 5.74) is 2.27. The summed E-state index contributed by atoms with van der Waals surface area (Å²) in [5.74, 6) is -1.16. The summed E-state index contributed by atoms with van der Waals surface area (Å²) < 4.78 is 4.86. The zero-order valence-corrected chi connectivity index (χ0v) is 21.1. The predicted molar refractivity (Wildman–Crippen MR) is 143 cm³/mol. The van der Waals surface area contributed by atoms with Gasteiger partial charge in [0, 0.05) is 24.3 Å². The van der Waals surface area contributed by atoms with Gasteiger partial charge in [-0.2, -0.15) is 0 Å². The predicted octanol–water partition coefficient (Wildman–Crippen LogP) is 6.07. The number of carbonyl (C=O) groups is 2. The van der Waals surface area contributed by atoms with E-state index < -0.39 is 11.4 Å². The van der Waals surface area contributed by atoms with Gasteiger partial charge in [0.05, 0.1) is 12.0 Å². The van der Waals surface area contributed by atoms with Crippen molar-refractivity contribution in [1.82, 2.24) is 5.32 Å². The van der Waals surface area contributed by atoms with Gasteiger partial charge in [0.2, 0.25) is 0 Å². The van der Waals surface area contributed by atoms with Crippen LogP contribution in [0.25, 0.3) is 11.1 Å². The first-order valence-electron chi connectivity index (χ1n) is 11.0. The van der Waals surface area contributed by atoms with Crippen molar-refractivity contribution in [2.24, 2.45) is 5.41 Å². The molecule has 2 aromatic rings. The molecule has 6 nitrogen and oxygen atoms in total. The number of hydrogen-bond donors (Lipinski definition) is 3. The number of aliphatic carboxylic acids is 1. The van der Waals surface area contributed by atoms with Crippen LogP contribution in [0.1, 0.15) is 44.5 Å². The average molecular weight is 483 g/mol. The van der Waals surface area contributed by atoms with E-state index >= 15 is 0 Å². The lowest BCUT2D eigenvalue weighted by Gasteiger charge is -2.17. The number of benzene rings is 2. The lowest BCUT2D eigenvalue weighted by atomic mass is 9.85. The highest BCUT2D eigenvalue weighted by Gasteiger charge is 2.30. The zero-order chi connectivity index (χ0) is 25.6. The number of thiocarbonyl (C=S) groups is 1. The van der Waals surface area contributed by atoms with Gasteiger partial charge in [-0.15, -0.1) is 6.58 Å². The summed E-state index contributed by atoms with van der Waals surface area (Å²) in [6, 6.07) is 15.0. The highest BCUT2D eigenvalue weighted by molar-refractivity contribution is 7.80. The molecule has 2 rings (SSSR count). The molecule has 3 N–H and O–H groups in total. The van der Waals surface area contributed by atoms with Gasteiger partial charge in [-0.1, -0.05) is 48.6 Å². The van der Waals surface area contributed by atoms with Crippen LogP contribution in [0.2, 0.25) is 0 Å². The highest BCUT2D eigenvalue weighted by atomic mass is 32.1. The topological polar surface area (TPSA) is 87.7 Å². The summed E-state index contributed by atoms with van der Waals surface area (Å²) in [6.07, 6.45) is 5.31. The summed E-state index contributed by atoms with van der Waals surface area (Å²) in [4.78, 5) is 23.5. The van der Waals surface area contributed by atoms with Crippen LogP contribution >= 0.6 is 12.2 Å². The molecule has 7 heteroatoms. The molecular weight excluding hydrogens is 448 g/mol. The first kappa shape index (κ1) is 28.7. The maximum Gasteiger partial charge on any atom is 0.309 e. The fourth-order valence-electron chi connectivity index (χ4n) is 2.70. The van der Waals surface area contributed by atoms with Crippen LogP contribution in [-0.2, 0) is 9.53 Å². The number of rotatable bonds is 10. The van der Waals surface area contributed by atoms with Crippen LogP contribution in [0.3, 0.4) is 0 Å². The normalized spacial score (nSPS) is 10.7. The van der Waals surface area contributed by atoms with Crippen LogP contribution < -0.4 is 10.6 Å². The van der Waals surface area contributed by atoms with Crippen LogP contribution in [0, 0.1) is 5.41 Å². The third-order valence-electron chi connectivity index (χ3n) is 4.69. The molecule has 0 fully saturated rings. The molecule has 0 spiro atoms. The molecule has 0 unspecified atom stereocenters. The Bertz CT molecular complexity index is 981. The second kappa shape index (κ2) is 14.8. The van der Waals surface area contributed by atoms with Gasteiger partial charge in [0.1, 0.15) is 0 Å². The van der Waals surface area contributed by atoms with Crippen molar-refractivity contribution in [2.75, 3.05) is 18.5 Å². The molecule has 0 saturated carbocycles. The standard InChI is InChI=1S/C22H24N2O3S.C5H10O/c1-4-13-23-21(28)24-18-11-9-16(10-12-18)15-5-7-17(8-6-15)19(25)14-22(2,3)20(26)27;1-3-5-6-4-2/h4-13H,14H2,1-3H3,(H,26,27)(H2,23,24,28);3H,1,4-5H2,2H3/b13-4+;. The Morgan fingerprint density at radius 1 is 1.09 bits per heavy atom. The number of hydrogen-bond acceptors (Lipinski definition) is 4. The smallest absolute Gasteiger partial charge is 0.309 e. The quantitative estimate of drug-likeness (QED) is 0.164. The summed E-state index contributed by atoms with van der Waals surface area (Å²) in [6.45, 7) is 11.9. The zero-order valence-electron chi connectivity index (χ0n) is 20.3. The fraction of sp³-hybridized carbons (Fsp3) is 0.296. The van der Waals surface area contributed by atoms with Crippen molar-refractivity contribution in [3.8, 4) is 11.1 Å². The van der Waals surface area contributed by atoms with Crippen LogP contribution in [0.4, 0.5) is 5.69 Å². The van der Waals surface area contributed by atoms with E-state index in [4.69, 9.17) is 17.0 Å². The number of carboxylic acids is 1.